The number of carbonyl (C=O) groups is 1. The van der Waals surface area contributed by atoms with E-state index in [0.29, 0.717) is 23.4 Å². The molecule has 0 fully saturated rings. The number of anilines is 2. The van der Waals surface area contributed by atoms with E-state index in [1.165, 1.54) is 0 Å². The normalized spacial score (nSPS) is 11.2. The van der Waals surface area contributed by atoms with E-state index in [1.54, 1.807) is 18.2 Å². The lowest BCUT2D eigenvalue weighted by atomic mass is 10.0. The Morgan fingerprint density at radius 3 is 2.59 bits per heavy atom. The fourth-order valence-corrected chi connectivity index (χ4v) is 1.50. The van der Waals surface area contributed by atoms with Crippen LogP contribution >= 0.6 is 0 Å². The van der Waals surface area contributed by atoms with Gasteiger partial charge in [0.2, 0.25) is 0 Å². The van der Waals surface area contributed by atoms with Gasteiger partial charge in [0.05, 0.1) is 5.56 Å². The number of hydrogen-bond acceptors (Lipinski definition) is 4. The molecule has 0 aliphatic rings. The molecule has 5 heteroatoms. The second-order valence-electron chi connectivity index (χ2n) is 4.66. The first kappa shape index (κ1) is 13.3. The smallest absolute Gasteiger partial charge is 0.253 e. The van der Waals surface area contributed by atoms with Crippen molar-refractivity contribution in [1.82, 2.24) is 5.32 Å². The summed E-state index contributed by atoms with van der Waals surface area (Å²) >= 11 is 0. The van der Waals surface area contributed by atoms with E-state index in [-0.39, 0.29) is 12.5 Å². The van der Waals surface area contributed by atoms with Crippen molar-refractivity contribution >= 4 is 17.3 Å². The van der Waals surface area contributed by atoms with E-state index in [4.69, 9.17) is 16.6 Å². The zero-order valence-electron chi connectivity index (χ0n) is 10.2. The van der Waals surface area contributed by atoms with Crippen LogP contribution in [0.3, 0.4) is 0 Å². The predicted molar refractivity (Wildman–Crippen MR) is 68.5 cm³/mol. The molecule has 1 aromatic carbocycles. The summed E-state index contributed by atoms with van der Waals surface area (Å²) in [6, 6.07) is 4.77. The lowest BCUT2D eigenvalue weighted by molar-refractivity contribution is 0.0900. The molecule has 0 aliphatic heterocycles. The van der Waals surface area contributed by atoms with E-state index >= 15 is 0 Å². The Morgan fingerprint density at radius 1 is 1.41 bits per heavy atom. The van der Waals surface area contributed by atoms with Crippen molar-refractivity contribution in [3.63, 3.8) is 0 Å². The molecule has 0 heterocycles. The molecule has 0 unspecified atom stereocenters. The summed E-state index contributed by atoms with van der Waals surface area (Å²) in [5.74, 6) is -0.263. The zero-order valence-corrected chi connectivity index (χ0v) is 10.2. The third-order valence-corrected chi connectivity index (χ3v) is 2.51. The van der Waals surface area contributed by atoms with Crippen LogP contribution in [-0.4, -0.2) is 23.2 Å². The minimum Gasteiger partial charge on any atom is -0.399 e. The number of carbonyl (C=O) groups excluding carboxylic acids is 1. The van der Waals surface area contributed by atoms with Crippen LogP contribution in [-0.2, 0) is 0 Å². The first-order chi connectivity index (χ1) is 7.85. The lowest BCUT2D eigenvalue weighted by Crippen LogP contribution is -2.44. The van der Waals surface area contributed by atoms with Gasteiger partial charge in [-0.25, -0.2) is 0 Å². The molecule has 0 radical (unpaired) electrons. The number of hydrogen-bond donors (Lipinski definition) is 4. The number of rotatable bonds is 4. The van der Waals surface area contributed by atoms with E-state index in [2.05, 4.69) is 5.32 Å². The van der Waals surface area contributed by atoms with Crippen molar-refractivity contribution in [2.75, 3.05) is 18.1 Å². The van der Waals surface area contributed by atoms with Crippen molar-refractivity contribution in [3.05, 3.63) is 23.8 Å². The minimum absolute atomic E-state index is 0.0184. The van der Waals surface area contributed by atoms with Crippen LogP contribution in [0.5, 0.6) is 0 Å². The molecule has 6 N–H and O–H groups in total. The van der Waals surface area contributed by atoms with Gasteiger partial charge in [-0.2, -0.15) is 0 Å². The Morgan fingerprint density at radius 2 is 2.06 bits per heavy atom. The Balaban J connectivity index is 2.83. The number of amides is 1. The topological polar surface area (TPSA) is 101 Å². The van der Waals surface area contributed by atoms with Gasteiger partial charge in [-0.1, -0.05) is 0 Å². The molecule has 17 heavy (non-hydrogen) atoms. The van der Waals surface area contributed by atoms with Gasteiger partial charge in [0.1, 0.15) is 0 Å². The zero-order chi connectivity index (χ0) is 13.1. The highest BCUT2D eigenvalue weighted by atomic mass is 16.3. The van der Waals surface area contributed by atoms with E-state index in [9.17, 15) is 4.79 Å². The van der Waals surface area contributed by atoms with Crippen molar-refractivity contribution < 1.29 is 9.90 Å². The SMILES string of the molecule is CC(C)(CCO)NC(=O)c1ccc(N)cc1N. The summed E-state index contributed by atoms with van der Waals surface area (Å²) < 4.78 is 0. The molecule has 0 saturated carbocycles. The Bertz CT molecular complexity index is 416. The minimum atomic E-state index is -0.473. The fraction of sp³-hybridized carbons (Fsp3) is 0.417. The van der Waals surface area contributed by atoms with Gasteiger partial charge >= 0.3 is 0 Å². The highest BCUT2D eigenvalue weighted by molar-refractivity contribution is 6.00. The number of benzene rings is 1. The Hall–Kier alpha value is -1.75. The average molecular weight is 237 g/mol. The Labute approximate surface area is 101 Å². The highest BCUT2D eigenvalue weighted by Crippen LogP contribution is 2.17. The summed E-state index contributed by atoms with van der Waals surface area (Å²) in [5.41, 5.74) is 12.1. The van der Waals surface area contributed by atoms with Crippen LogP contribution in [0.1, 0.15) is 30.6 Å². The van der Waals surface area contributed by atoms with Crippen molar-refractivity contribution in [2.45, 2.75) is 25.8 Å². The molecule has 1 aromatic rings. The summed E-state index contributed by atoms with van der Waals surface area (Å²) in [6.45, 7) is 3.70. The van der Waals surface area contributed by atoms with E-state index in [0.717, 1.165) is 0 Å². The molecular formula is C12H19N3O2. The molecule has 94 valence electrons. The van der Waals surface area contributed by atoms with Gasteiger partial charge in [0.25, 0.3) is 5.91 Å². The van der Waals surface area contributed by atoms with E-state index < -0.39 is 5.54 Å². The molecule has 0 bridgehead atoms. The van der Waals surface area contributed by atoms with Crippen LogP contribution < -0.4 is 16.8 Å². The molecular weight excluding hydrogens is 218 g/mol. The molecule has 0 spiro atoms. The third-order valence-electron chi connectivity index (χ3n) is 2.51. The molecule has 5 nitrogen and oxygen atoms in total. The third kappa shape index (κ3) is 3.64. The second-order valence-corrected chi connectivity index (χ2v) is 4.66. The molecule has 1 rings (SSSR count). The maximum Gasteiger partial charge on any atom is 0.253 e. The first-order valence-electron chi connectivity index (χ1n) is 5.44. The summed E-state index contributed by atoms with van der Waals surface area (Å²) in [7, 11) is 0. The summed E-state index contributed by atoms with van der Waals surface area (Å²) in [6.07, 6.45) is 0.480. The van der Waals surface area contributed by atoms with Gasteiger partial charge in [0.15, 0.2) is 0 Å². The summed E-state index contributed by atoms with van der Waals surface area (Å²) in [5, 5.41) is 11.7. The highest BCUT2D eigenvalue weighted by Gasteiger charge is 2.21. The quantitative estimate of drug-likeness (QED) is 0.580. The van der Waals surface area contributed by atoms with Gasteiger partial charge < -0.3 is 21.9 Å². The average Bonchev–Trinajstić information content (AvgIpc) is 2.15. The monoisotopic (exact) mass is 237 g/mol. The Kier molecular flexibility index (Phi) is 3.96. The predicted octanol–water partition coefficient (Wildman–Crippen LogP) is 0.742. The van der Waals surface area contributed by atoms with Crippen LogP contribution in [0.15, 0.2) is 18.2 Å². The molecule has 0 saturated heterocycles. The number of aliphatic hydroxyl groups excluding tert-OH is 1. The largest absolute Gasteiger partial charge is 0.399 e. The maximum atomic E-state index is 12.0. The number of nitrogens with two attached hydrogens (primary N) is 2. The van der Waals surface area contributed by atoms with E-state index in [1.807, 2.05) is 13.8 Å². The van der Waals surface area contributed by atoms with Crippen LogP contribution in [0.25, 0.3) is 0 Å². The second kappa shape index (κ2) is 5.05. The van der Waals surface area contributed by atoms with Gasteiger partial charge in [-0.3, -0.25) is 4.79 Å². The standard InChI is InChI=1S/C12H19N3O2/c1-12(2,5-6-16)15-11(17)9-4-3-8(13)7-10(9)14/h3-4,7,16H,5-6,13-14H2,1-2H3,(H,15,17). The molecule has 0 aromatic heterocycles. The molecule has 0 atom stereocenters. The van der Waals surface area contributed by atoms with Crippen molar-refractivity contribution in [3.8, 4) is 0 Å². The summed E-state index contributed by atoms with van der Waals surface area (Å²) in [4.78, 5) is 12.0. The van der Waals surface area contributed by atoms with Crippen LogP contribution in [0, 0.1) is 0 Å². The number of aliphatic hydroxyl groups is 1. The molecule has 0 aliphatic carbocycles. The van der Waals surface area contributed by atoms with Crippen molar-refractivity contribution in [2.24, 2.45) is 0 Å². The van der Waals surface area contributed by atoms with Gasteiger partial charge in [-0.05, 0) is 38.5 Å². The maximum absolute atomic E-state index is 12.0. The lowest BCUT2D eigenvalue weighted by Gasteiger charge is -2.25. The van der Waals surface area contributed by atoms with Crippen LogP contribution in [0.2, 0.25) is 0 Å². The molecule has 1 amide bonds. The van der Waals surface area contributed by atoms with Gasteiger partial charge in [0, 0.05) is 23.5 Å². The fourth-order valence-electron chi connectivity index (χ4n) is 1.50. The first-order valence-corrected chi connectivity index (χ1v) is 5.44. The van der Waals surface area contributed by atoms with Gasteiger partial charge in [-0.15, -0.1) is 0 Å². The number of nitrogens with one attached hydrogen (secondary N) is 1. The van der Waals surface area contributed by atoms with Crippen molar-refractivity contribution in [1.29, 1.82) is 0 Å². The number of nitrogen functional groups attached to an aromatic ring is 2. The van der Waals surface area contributed by atoms with Crippen LogP contribution in [0.4, 0.5) is 11.4 Å².